The molecule has 0 radical (unpaired) electrons. The van der Waals surface area contributed by atoms with Crippen LogP contribution in [0.5, 0.6) is 0 Å². The summed E-state index contributed by atoms with van der Waals surface area (Å²) < 4.78 is 24.8. The Balaban J connectivity index is 1.87. The van der Waals surface area contributed by atoms with E-state index in [9.17, 15) is 13.2 Å². The third-order valence-corrected chi connectivity index (χ3v) is 5.80. The lowest BCUT2D eigenvalue weighted by Crippen LogP contribution is -2.46. The van der Waals surface area contributed by atoms with Crippen molar-refractivity contribution in [2.45, 2.75) is 31.8 Å². The molecule has 1 saturated heterocycles. The van der Waals surface area contributed by atoms with Gasteiger partial charge in [0.2, 0.25) is 10.0 Å². The van der Waals surface area contributed by atoms with Gasteiger partial charge in [-0.1, -0.05) is 0 Å². The molecule has 1 fully saturated rings. The highest BCUT2D eigenvalue weighted by Crippen LogP contribution is 2.24. The molecule has 126 valence electrons. The third-order valence-electron chi connectivity index (χ3n) is 4.55. The monoisotopic (exact) mass is 338 g/mol. The zero-order chi connectivity index (χ0) is 16.6. The molecular weight excluding hydrogens is 316 g/mol. The van der Waals surface area contributed by atoms with E-state index in [1.165, 1.54) is 10.6 Å². The minimum atomic E-state index is -3.24. The minimum absolute atomic E-state index is 0.0286. The largest absolute Gasteiger partial charge is 0.337 e. The number of hydrogen-bond acceptors (Lipinski definition) is 5. The van der Waals surface area contributed by atoms with Gasteiger partial charge in [-0.25, -0.2) is 8.42 Å². The summed E-state index contributed by atoms with van der Waals surface area (Å²) in [6.07, 6.45) is 6.85. The molecule has 3 heterocycles. The Morgan fingerprint density at radius 2 is 2.13 bits per heavy atom. The number of sulfonamides is 1. The van der Waals surface area contributed by atoms with Crippen molar-refractivity contribution in [3.8, 4) is 0 Å². The number of rotatable bonds is 2. The summed E-state index contributed by atoms with van der Waals surface area (Å²) >= 11 is 0. The van der Waals surface area contributed by atoms with Gasteiger partial charge in [0.15, 0.2) is 0 Å². The van der Waals surface area contributed by atoms with Crippen molar-refractivity contribution in [2.75, 3.05) is 25.9 Å². The van der Waals surface area contributed by atoms with E-state index in [-0.39, 0.29) is 18.5 Å². The Bertz CT molecular complexity index is 719. The summed E-state index contributed by atoms with van der Waals surface area (Å²) in [5, 5.41) is 0. The molecule has 1 aromatic rings. The Labute approximate surface area is 136 Å². The molecule has 0 aliphatic carbocycles. The fourth-order valence-electron chi connectivity index (χ4n) is 3.30. The molecule has 1 amide bonds. The summed E-state index contributed by atoms with van der Waals surface area (Å²) in [5.41, 5.74) is 8.28. The zero-order valence-corrected chi connectivity index (χ0v) is 14.1. The average Bonchev–Trinajstić information content (AvgIpc) is 2.52. The highest BCUT2D eigenvalue weighted by molar-refractivity contribution is 7.88. The average molecular weight is 338 g/mol. The van der Waals surface area contributed by atoms with Crippen LogP contribution >= 0.6 is 0 Å². The summed E-state index contributed by atoms with van der Waals surface area (Å²) in [6, 6.07) is 0.0286. The molecule has 3 rings (SSSR count). The van der Waals surface area contributed by atoms with Gasteiger partial charge in [0.1, 0.15) is 0 Å². The van der Waals surface area contributed by atoms with Gasteiger partial charge in [-0.3, -0.25) is 9.78 Å². The highest BCUT2D eigenvalue weighted by atomic mass is 32.2. The van der Waals surface area contributed by atoms with Gasteiger partial charge in [-0.2, -0.15) is 4.31 Å². The van der Waals surface area contributed by atoms with Crippen LogP contribution in [-0.2, 0) is 23.0 Å². The quantitative estimate of drug-likeness (QED) is 0.816. The van der Waals surface area contributed by atoms with E-state index < -0.39 is 10.0 Å². The number of aromatic nitrogens is 1. The van der Waals surface area contributed by atoms with Gasteiger partial charge < -0.3 is 10.6 Å². The van der Waals surface area contributed by atoms with Crippen LogP contribution in [0.3, 0.4) is 0 Å². The lowest BCUT2D eigenvalue weighted by molar-refractivity contribution is 0.0706. The number of nitrogens with zero attached hydrogens (tertiary/aromatic N) is 3. The molecule has 0 spiro atoms. The summed E-state index contributed by atoms with van der Waals surface area (Å²) in [6.45, 7) is 1.96. The lowest BCUT2D eigenvalue weighted by atomic mass is 9.96. The van der Waals surface area contributed by atoms with E-state index in [2.05, 4.69) is 4.98 Å². The number of amides is 1. The van der Waals surface area contributed by atoms with Crippen molar-refractivity contribution in [2.24, 2.45) is 5.73 Å². The first-order valence-corrected chi connectivity index (χ1v) is 9.67. The maximum atomic E-state index is 12.8. The molecule has 8 heteroatoms. The number of pyridine rings is 1. The molecular formula is C15H22N4O3S. The second kappa shape index (κ2) is 6.18. The molecule has 0 bridgehead atoms. The first kappa shape index (κ1) is 16.4. The van der Waals surface area contributed by atoms with Crippen LogP contribution < -0.4 is 5.73 Å². The number of fused-ring (bicyclic) bond motifs is 1. The molecule has 1 atom stereocenters. The van der Waals surface area contributed by atoms with E-state index in [1.807, 2.05) is 0 Å². The maximum absolute atomic E-state index is 12.8. The van der Waals surface area contributed by atoms with E-state index in [0.717, 1.165) is 24.0 Å². The molecule has 2 aliphatic rings. The predicted octanol–water partition coefficient (Wildman–Crippen LogP) is -0.0374. The van der Waals surface area contributed by atoms with E-state index >= 15 is 0 Å². The Morgan fingerprint density at radius 3 is 2.83 bits per heavy atom. The van der Waals surface area contributed by atoms with E-state index in [1.54, 1.807) is 17.3 Å². The van der Waals surface area contributed by atoms with Gasteiger partial charge >= 0.3 is 0 Å². The highest BCUT2D eigenvalue weighted by Gasteiger charge is 2.29. The molecule has 0 saturated carbocycles. The van der Waals surface area contributed by atoms with Crippen molar-refractivity contribution in [1.29, 1.82) is 0 Å². The van der Waals surface area contributed by atoms with Gasteiger partial charge in [-0.05, 0) is 30.4 Å². The van der Waals surface area contributed by atoms with Crippen molar-refractivity contribution < 1.29 is 13.2 Å². The molecule has 7 nitrogen and oxygen atoms in total. The van der Waals surface area contributed by atoms with E-state index in [4.69, 9.17) is 5.73 Å². The second-order valence-corrected chi connectivity index (χ2v) is 8.31. The first-order valence-electron chi connectivity index (χ1n) is 7.82. The van der Waals surface area contributed by atoms with Crippen LogP contribution in [0, 0.1) is 0 Å². The number of nitrogens with two attached hydrogens (primary N) is 1. The van der Waals surface area contributed by atoms with Crippen LogP contribution in [0.15, 0.2) is 12.4 Å². The van der Waals surface area contributed by atoms with Crippen LogP contribution in [0.4, 0.5) is 0 Å². The number of hydrogen-bond donors (Lipinski definition) is 1. The smallest absolute Gasteiger partial charge is 0.255 e. The zero-order valence-electron chi connectivity index (χ0n) is 13.2. The van der Waals surface area contributed by atoms with Gasteiger partial charge in [0.25, 0.3) is 5.91 Å². The van der Waals surface area contributed by atoms with Gasteiger partial charge in [-0.15, -0.1) is 0 Å². The SMILES string of the molecule is CS(=O)(=O)N1CCc2c(cncc2C(=O)N2CCCC(N)C2)C1. The number of carbonyl (C=O) groups excluding carboxylic acids is 1. The van der Waals surface area contributed by atoms with Crippen LogP contribution in [0.2, 0.25) is 0 Å². The maximum Gasteiger partial charge on any atom is 0.255 e. The summed E-state index contributed by atoms with van der Waals surface area (Å²) in [5.74, 6) is -0.0442. The molecule has 1 unspecified atom stereocenters. The van der Waals surface area contributed by atoms with Crippen molar-refractivity contribution in [1.82, 2.24) is 14.2 Å². The Morgan fingerprint density at radius 1 is 1.35 bits per heavy atom. The summed E-state index contributed by atoms with van der Waals surface area (Å²) in [7, 11) is -3.24. The molecule has 2 N–H and O–H groups in total. The Hall–Kier alpha value is -1.51. The number of carbonyl (C=O) groups is 1. The predicted molar refractivity (Wildman–Crippen MR) is 86.3 cm³/mol. The fraction of sp³-hybridized carbons (Fsp3) is 0.600. The van der Waals surface area contributed by atoms with Crippen LogP contribution in [0.1, 0.15) is 34.3 Å². The van der Waals surface area contributed by atoms with Crippen LogP contribution in [0.25, 0.3) is 0 Å². The van der Waals surface area contributed by atoms with Gasteiger partial charge in [0.05, 0.1) is 11.8 Å². The number of likely N-dealkylation sites (tertiary alicyclic amines) is 1. The van der Waals surface area contributed by atoms with Crippen LogP contribution in [-0.4, -0.2) is 60.4 Å². The standard InChI is InChI=1S/C15H22N4O3S/c1-23(21,22)19-6-4-13-11(9-19)7-17-8-14(13)15(20)18-5-2-3-12(16)10-18/h7-8,12H,2-6,9-10,16H2,1H3. The molecule has 0 aromatic carbocycles. The summed E-state index contributed by atoms with van der Waals surface area (Å²) in [4.78, 5) is 18.7. The van der Waals surface area contributed by atoms with Gasteiger partial charge in [0, 0.05) is 44.6 Å². The lowest BCUT2D eigenvalue weighted by Gasteiger charge is -2.32. The topological polar surface area (TPSA) is 96.6 Å². The third kappa shape index (κ3) is 3.39. The number of piperidine rings is 1. The molecule has 23 heavy (non-hydrogen) atoms. The van der Waals surface area contributed by atoms with Crippen molar-refractivity contribution in [3.05, 3.63) is 29.1 Å². The normalized spacial score (nSPS) is 22.7. The van der Waals surface area contributed by atoms with Crippen molar-refractivity contribution in [3.63, 3.8) is 0 Å². The minimum Gasteiger partial charge on any atom is -0.337 e. The Kier molecular flexibility index (Phi) is 4.39. The molecule has 1 aromatic heterocycles. The fourth-order valence-corrected chi connectivity index (χ4v) is 4.10. The first-order chi connectivity index (χ1) is 10.9. The van der Waals surface area contributed by atoms with E-state index in [0.29, 0.717) is 31.6 Å². The molecule has 2 aliphatic heterocycles. The second-order valence-electron chi connectivity index (χ2n) is 6.32. The van der Waals surface area contributed by atoms with Crippen molar-refractivity contribution >= 4 is 15.9 Å².